The molecule has 2 bridgehead atoms. The summed E-state index contributed by atoms with van der Waals surface area (Å²) in [4.78, 5) is 8.72. The maximum atomic E-state index is 4.50. The lowest BCUT2D eigenvalue weighted by atomic mass is 9.82. The van der Waals surface area contributed by atoms with E-state index in [4.69, 9.17) is 0 Å². The summed E-state index contributed by atoms with van der Waals surface area (Å²) in [5.74, 6) is 2.69. The van der Waals surface area contributed by atoms with Gasteiger partial charge in [-0.3, -0.25) is 9.97 Å². The van der Waals surface area contributed by atoms with Crippen LogP contribution in [0.5, 0.6) is 0 Å². The first-order valence-corrected chi connectivity index (χ1v) is 6.87. The zero-order valence-corrected chi connectivity index (χ0v) is 10.5. The predicted molar refractivity (Wildman–Crippen MR) is 67.4 cm³/mol. The second-order valence-electron chi connectivity index (χ2n) is 5.50. The van der Waals surface area contributed by atoms with Gasteiger partial charge in [0.15, 0.2) is 0 Å². The number of nitrogens with one attached hydrogen (secondary N) is 1. The van der Waals surface area contributed by atoms with Gasteiger partial charge in [0.25, 0.3) is 0 Å². The average molecular weight is 231 g/mol. The molecule has 17 heavy (non-hydrogen) atoms. The quantitative estimate of drug-likeness (QED) is 0.865. The minimum atomic E-state index is 0.420. The summed E-state index contributed by atoms with van der Waals surface area (Å²) in [7, 11) is 0. The summed E-state index contributed by atoms with van der Waals surface area (Å²) in [6.07, 6.45) is 11.2. The van der Waals surface area contributed by atoms with Gasteiger partial charge in [-0.1, -0.05) is 13.3 Å². The first-order chi connectivity index (χ1) is 8.38. The molecule has 4 atom stereocenters. The van der Waals surface area contributed by atoms with E-state index in [0.29, 0.717) is 6.04 Å². The molecular formula is C14H21N3. The predicted octanol–water partition coefficient (Wildman–Crippen LogP) is 2.56. The Hall–Kier alpha value is -0.960. The van der Waals surface area contributed by atoms with E-state index in [1.165, 1.54) is 25.7 Å². The fraction of sp³-hybridized carbons (Fsp3) is 0.714. The van der Waals surface area contributed by atoms with Gasteiger partial charge in [0, 0.05) is 18.6 Å². The highest BCUT2D eigenvalue weighted by Gasteiger charge is 2.43. The molecule has 3 nitrogen and oxygen atoms in total. The Labute approximate surface area is 103 Å². The van der Waals surface area contributed by atoms with Crippen LogP contribution in [0, 0.1) is 17.8 Å². The van der Waals surface area contributed by atoms with Gasteiger partial charge in [-0.2, -0.15) is 0 Å². The van der Waals surface area contributed by atoms with Gasteiger partial charge in [-0.05, 0) is 43.6 Å². The zero-order valence-electron chi connectivity index (χ0n) is 10.5. The average Bonchev–Trinajstić information content (AvgIpc) is 2.99. The molecule has 0 amide bonds. The first-order valence-electron chi connectivity index (χ1n) is 6.87. The molecule has 0 spiro atoms. The lowest BCUT2D eigenvalue weighted by Crippen LogP contribution is -2.32. The van der Waals surface area contributed by atoms with Crippen molar-refractivity contribution >= 4 is 0 Å². The van der Waals surface area contributed by atoms with Crippen molar-refractivity contribution in [1.29, 1.82) is 0 Å². The molecule has 1 aromatic heterocycles. The van der Waals surface area contributed by atoms with Crippen molar-refractivity contribution in [3.05, 3.63) is 24.3 Å². The highest BCUT2D eigenvalue weighted by molar-refractivity contribution is 5.08. The van der Waals surface area contributed by atoms with Crippen molar-refractivity contribution in [3.63, 3.8) is 0 Å². The molecule has 1 aromatic rings. The van der Waals surface area contributed by atoms with Crippen molar-refractivity contribution in [2.75, 3.05) is 6.54 Å². The minimum absolute atomic E-state index is 0.420. The fourth-order valence-electron chi connectivity index (χ4n) is 3.87. The summed E-state index contributed by atoms with van der Waals surface area (Å²) in [6.45, 7) is 3.19. The topological polar surface area (TPSA) is 37.8 Å². The van der Waals surface area contributed by atoms with Crippen molar-refractivity contribution in [2.24, 2.45) is 17.8 Å². The molecule has 2 aliphatic carbocycles. The standard InChI is InChI=1S/C14H21N3/c1-2-16-14(13-9-15-5-6-17-13)12-8-10-3-4-11(12)7-10/h5-6,9-12,14,16H,2-4,7-8H2,1H3. The lowest BCUT2D eigenvalue weighted by molar-refractivity contribution is 0.249. The molecule has 3 rings (SSSR count). The molecule has 0 aliphatic heterocycles. The smallest absolute Gasteiger partial charge is 0.0758 e. The second kappa shape index (κ2) is 4.73. The van der Waals surface area contributed by atoms with Gasteiger partial charge >= 0.3 is 0 Å². The van der Waals surface area contributed by atoms with Crippen LogP contribution < -0.4 is 5.32 Å². The lowest BCUT2D eigenvalue weighted by Gasteiger charge is -2.30. The number of rotatable bonds is 4. The van der Waals surface area contributed by atoms with Crippen LogP contribution in [-0.4, -0.2) is 16.5 Å². The summed E-state index contributed by atoms with van der Waals surface area (Å²) >= 11 is 0. The van der Waals surface area contributed by atoms with Gasteiger partial charge in [0.2, 0.25) is 0 Å². The number of hydrogen-bond acceptors (Lipinski definition) is 3. The largest absolute Gasteiger partial charge is 0.309 e. The third kappa shape index (κ3) is 2.08. The Morgan fingerprint density at radius 3 is 2.88 bits per heavy atom. The number of fused-ring (bicyclic) bond motifs is 2. The van der Waals surface area contributed by atoms with Gasteiger partial charge in [0.1, 0.15) is 0 Å². The van der Waals surface area contributed by atoms with E-state index in [1.807, 2.05) is 12.4 Å². The molecule has 92 valence electrons. The Morgan fingerprint density at radius 2 is 2.29 bits per heavy atom. The van der Waals surface area contributed by atoms with E-state index < -0.39 is 0 Å². The summed E-state index contributed by atoms with van der Waals surface area (Å²) in [5, 5.41) is 3.62. The molecule has 0 radical (unpaired) electrons. The van der Waals surface area contributed by atoms with Gasteiger partial charge < -0.3 is 5.32 Å². The molecule has 1 heterocycles. The third-order valence-corrected chi connectivity index (χ3v) is 4.55. The van der Waals surface area contributed by atoms with Crippen molar-refractivity contribution in [2.45, 2.75) is 38.6 Å². The minimum Gasteiger partial charge on any atom is -0.309 e. The van der Waals surface area contributed by atoms with Crippen molar-refractivity contribution < 1.29 is 0 Å². The van der Waals surface area contributed by atoms with Gasteiger partial charge in [-0.25, -0.2) is 0 Å². The summed E-state index contributed by atoms with van der Waals surface area (Å²) in [5.41, 5.74) is 1.13. The van der Waals surface area contributed by atoms with Crippen LogP contribution >= 0.6 is 0 Å². The molecule has 0 aromatic carbocycles. The third-order valence-electron chi connectivity index (χ3n) is 4.55. The molecule has 3 heteroatoms. The molecule has 4 unspecified atom stereocenters. The monoisotopic (exact) mass is 231 g/mol. The SMILES string of the molecule is CCNC(c1cnccn1)C1CC2CCC1C2. The zero-order chi connectivity index (χ0) is 11.7. The molecule has 2 saturated carbocycles. The molecular weight excluding hydrogens is 210 g/mol. The Morgan fingerprint density at radius 1 is 1.35 bits per heavy atom. The van der Waals surface area contributed by atoms with E-state index >= 15 is 0 Å². The maximum absolute atomic E-state index is 4.50. The van der Waals surface area contributed by atoms with Gasteiger partial charge in [-0.15, -0.1) is 0 Å². The normalized spacial score (nSPS) is 32.9. The fourth-order valence-corrected chi connectivity index (χ4v) is 3.87. The Kier molecular flexibility index (Phi) is 3.10. The molecule has 1 N–H and O–H groups in total. The second-order valence-corrected chi connectivity index (χ2v) is 5.50. The van der Waals surface area contributed by atoms with Crippen LogP contribution in [0.4, 0.5) is 0 Å². The van der Waals surface area contributed by atoms with Crippen LogP contribution in [0.15, 0.2) is 18.6 Å². The molecule has 2 aliphatic rings. The van der Waals surface area contributed by atoms with E-state index in [2.05, 4.69) is 22.2 Å². The van der Waals surface area contributed by atoms with E-state index in [1.54, 1.807) is 6.20 Å². The van der Waals surface area contributed by atoms with Crippen LogP contribution in [0.3, 0.4) is 0 Å². The van der Waals surface area contributed by atoms with E-state index in [9.17, 15) is 0 Å². The number of nitrogens with zero attached hydrogens (tertiary/aromatic N) is 2. The van der Waals surface area contributed by atoms with E-state index in [-0.39, 0.29) is 0 Å². The summed E-state index contributed by atoms with van der Waals surface area (Å²) in [6, 6.07) is 0.420. The first kappa shape index (κ1) is 11.1. The highest BCUT2D eigenvalue weighted by Crippen LogP contribution is 2.52. The van der Waals surface area contributed by atoms with E-state index in [0.717, 1.165) is 30.0 Å². The van der Waals surface area contributed by atoms with Crippen molar-refractivity contribution in [3.8, 4) is 0 Å². The maximum Gasteiger partial charge on any atom is 0.0758 e. The molecule has 0 saturated heterocycles. The number of hydrogen-bond donors (Lipinski definition) is 1. The highest BCUT2D eigenvalue weighted by atomic mass is 15.0. The van der Waals surface area contributed by atoms with Crippen LogP contribution in [0.2, 0.25) is 0 Å². The van der Waals surface area contributed by atoms with Crippen LogP contribution in [0.1, 0.15) is 44.3 Å². The van der Waals surface area contributed by atoms with Gasteiger partial charge in [0.05, 0.1) is 11.7 Å². The van der Waals surface area contributed by atoms with Crippen molar-refractivity contribution in [1.82, 2.24) is 15.3 Å². The Bertz CT molecular complexity index is 365. The Balaban J connectivity index is 1.81. The van der Waals surface area contributed by atoms with Crippen LogP contribution in [0.25, 0.3) is 0 Å². The summed E-state index contributed by atoms with van der Waals surface area (Å²) < 4.78 is 0. The van der Waals surface area contributed by atoms with Crippen LogP contribution in [-0.2, 0) is 0 Å². The number of aromatic nitrogens is 2. The molecule has 2 fully saturated rings.